The van der Waals surface area contributed by atoms with Crippen molar-refractivity contribution < 1.29 is 27.2 Å². The van der Waals surface area contributed by atoms with Gasteiger partial charge >= 0.3 is 0 Å². The van der Waals surface area contributed by atoms with Crippen LogP contribution in [0.4, 0.5) is 5.69 Å². The summed E-state index contributed by atoms with van der Waals surface area (Å²) >= 11 is 5.66. The van der Waals surface area contributed by atoms with Gasteiger partial charge in [0.25, 0.3) is 27.2 Å². The molecule has 1 aromatic heterocycles. The molecule has 11 nitrogen and oxygen atoms in total. The number of benzene rings is 2. The first-order valence-electron chi connectivity index (χ1n) is 12.0. The molecule has 1 saturated carbocycles. The average Bonchev–Trinajstić information content (AvgIpc) is 3.62. The smallest absolute Gasteiger partial charge is 0.289 e. The molecule has 0 spiro atoms. The monoisotopic (exact) mass is 554 g/mol. The van der Waals surface area contributed by atoms with Crippen molar-refractivity contribution in [2.45, 2.75) is 49.7 Å². The number of rotatable bonds is 8. The number of carbonyl (C=O) groups excluding carboxylic acids is 2. The van der Waals surface area contributed by atoms with Crippen molar-refractivity contribution in [3.05, 3.63) is 71.4 Å². The van der Waals surface area contributed by atoms with E-state index in [2.05, 4.69) is 15.0 Å². The maximum absolute atomic E-state index is 13.4. The molecule has 1 saturated heterocycles. The van der Waals surface area contributed by atoms with Crippen LogP contribution in [-0.4, -0.2) is 47.2 Å². The summed E-state index contributed by atoms with van der Waals surface area (Å²) in [5, 5.41) is 6.93. The first-order valence-corrected chi connectivity index (χ1v) is 13.9. The Morgan fingerprint density at radius 3 is 2.53 bits per heavy atom. The molecule has 1 unspecified atom stereocenters. The number of anilines is 1. The van der Waals surface area contributed by atoms with E-state index in [1.807, 2.05) is 13.0 Å². The third-order valence-electron chi connectivity index (χ3n) is 6.43. The van der Waals surface area contributed by atoms with Gasteiger partial charge in [0, 0.05) is 11.7 Å². The minimum atomic E-state index is -4.09. The minimum absolute atomic E-state index is 0.00184. The molecular weight excluding hydrogens is 528 g/mol. The lowest BCUT2D eigenvalue weighted by Crippen LogP contribution is -2.45. The largest absolute Gasteiger partial charge is 0.486 e. The molecule has 3 aromatic rings. The van der Waals surface area contributed by atoms with E-state index in [0.717, 1.165) is 18.4 Å². The lowest BCUT2D eigenvalue weighted by atomic mass is 10.1. The average molecular weight is 555 g/mol. The van der Waals surface area contributed by atoms with E-state index in [9.17, 15) is 18.0 Å². The highest BCUT2D eigenvalue weighted by atomic mass is 32.2. The summed E-state index contributed by atoms with van der Waals surface area (Å²) in [6, 6.07) is 14.4. The van der Waals surface area contributed by atoms with Gasteiger partial charge in [-0.05, 0) is 56.2 Å². The van der Waals surface area contributed by atoms with Gasteiger partial charge < -0.3 is 14.7 Å². The normalized spacial score (nSPS) is 18.4. The number of thiocarbonyl (C=S) groups is 1. The van der Waals surface area contributed by atoms with Gasteiger partial charge in [-0.2, -0.15) is 8.42 Å². The number of para-hydroxylation sites is 1. The van der Waals surface area contributed by atoms with Crippen molar-refractivity contribution in [2.24, 2.45) is 11.4 Å². The topological polar surface area (TPSA) is 130 Å². The van der Waals surface area contributed by atoms with E-state index in [1.165, 1.54) is 16.8 Å². The Morgan fingerprint density at radius 1 is 1.18 bits per heavy atom. The van der Waals surface area contributed by atoms with Crippen LogP contribution in [0.2, 0.25) is 0 Å². The molecule has 1 aliphatic heterocycles. The van der Waals surface area contributed by atoms with Gasteiger partial charge in [0.1, 0.15) is 19.6 Å². The molecule has 1 N–H and O–H groups in total. The Hall–Kier alpha value is -3.84. The van der Waals surface area contributed by atoms with Crippen LogP contribution in [-0.2, 0) is 33.2 Å². The zero-order chi connectivity index (χ0) is 27.0. The summed E-state index contributed by atoms with van der Waals surface area (Å²) in [7, 11) is -2.52. The van der Waals surface area contributed by atoms with Crippen molar-refractivity contribution in [2.75, 3.05) is 5.32 Å². The van der Waals surface area contributed by atoms with Gasteiger partial charge in [-0.25, -0.2) is 4.68 Å². The second kappa shape index (κ2) is 10.1. The zero-order valence-electron chi connectivity index (χ0n) is 20.8. The fourth-order valence-electron chi connectivity index (χ4n) is 4.23. The molecule has 2 amide bonds. The van der Waals surface area contributed by atoms with Crippen LogP contribution in [0.5, 0.6) is 0 Å². The number of nitrogens with zero attached hydrogens (tertiary/aromatic N) is 5. The summed E-state index contributed by atoms with van der Waals surface area (Å²) in [5.74, 6) is -0.605. The minimum Gasteiger partial charge on any atom is -0.486 e. The van der Waals surface area contributed by atoms with E-state index in [-0.39, 0.29) is 46.4 Å². The lowest BCUT2D eigenvalue weighted by molar-refractivity contribution is -0.752. The number of hydrogen-bond acceptors (Lipinski definition) is 6. The second-order valence-corrected chi connectivity index (χ2v) is 11.3. The van der Waals surface area contributed by atoms with E-state index in [4.69, 9.17) is 16.7 Å². The molecule has 5 rings (SSSR count). The molecule has 0 bridgehead atoms. The molecule has 198 valence electrons. The predicted octanol–water partition coefficient (Wildman–Crippen LogP) is 1.15. The first-order chi connectivity index (χ1) is 18.1. The number of aryl methyl sites for hydroxylation is 2. The van der Waals surface area contributed by atoms with Crippen molar-refractivity contribution in [3.8, 4) is 0 Å². The van der Waals surface area contributed by atoms with E-state index >= 15 is 0 Å². The Bertz CT molecular complexity index is 1560. The number of nitrogens with one attached hydrogen (secondary N) is 1. The molecule has 38 heavy (non-hydrogen) atoms. The standard InChI is InChI=1S/C25H26N6O5S2/c1-16-8-12-19(13-9-16)38(34,35)27-23-21(29(2)28-36-23)15-30-20(24(33)31(25(30)37)18-10-11-18)14-22(32)26-17-6-4-3-5-7-17/h3-9,12-13,18,20H,10-11,14-15H2,1-2H3,(H,26,32)/b27-23-. The molecule has 2 aliphatic rings. The maximum Gasteiger partial charge on any atom is 0.289 e. The fraction of sp³-hybridized carbons (Fsp3) is 0.320. The van der Waals surface area contributed by atoms with E-state index in [1.54, 1.807) is 53.2 Å². The van der Waals surface area contributed by atoms with Crippen LogP contribution >= 0.6 is 12.2 Å². The van der Waals surface area contributed by atoms with Crippen LogP contribution in [0, 0.1) is 6.92 Å². The molecule has 2 aromatic carbocycles. The summed E-state index contributed by atoms with van der Waals surface area (Å²) in [4.78, 5) is 29.4. The molecular formula is C25H26N6O5S2. The maximum atomic E-state index is 13.4. The van der Waals surface area contributed by atoms with Gasteiger partial charge in [0.15, 0.2) is 5.11 Å². The number of aromatic nitrogens is 2. The van der Waals surface area contributed by atoms with Gasteiger partial charge in [-0.1, -0.05) is 35.9 Å². The SMILES string of the molecule is Cc1ccc(S(=O)(=O)/N=c2\o[n-][n+](C)c2CN2C(=S)N(C3CC3)C(=O)C2CC(=O)Nc2ccccc2)cc1. The van der Waals surface area contributed by atoms with Crippen LogP contribution in [0.1, 0.15) is 30.5 Å². The molecule has 2 heterocycles. The molecule has 0 radical (unpaired) electrons. The summed E-state index contributed by atoms with van der Waals surface area (Å²) < 4.78 is 36.4. The van der Waals surface area contributed by atoms with E-state index < -0.39 is 16.1 Å². The molecule has 13 heteroatoms. The van der Waals surface area contributed by atoms with E-state index in [0.29, 0.717) is 11.4 Å². The van der Waals surface area contributed by atoms with Gasteiger partial charge in [0.2, 0.25) is 5.91 Å². The van der Waals surface area contributed by atoms with Crippen LogP contribution < -0.4 is 20.8 Å². The number of amides is 2. The predicted molar refractivity (Wildman–Crippen MR) is 139 cm³/mol. The Morgan fingerprint density at radius 2 is 1.87 bits per heavy atom. The number of hydrogen-bond donors (Lipinski definition) is 1. The third-order valence-corrected chi connectivity index (χ3v) is 8.13. The summed E-state index contributed by atoms with van der Waals surface area (Å²) in [6.07, 6.45) is 1.53. The zero-order valence-corrected chi connectivity index (χ0v) is 22.4. The Labute approximate surface area is 224 Å². The Balaban J connectivity index is 1.44. The number of sulfonamides is 1. The summed E-state index contributed by atoms with van der Waals surface area (Å²) in [6.45, 7) is 1.82. The molecule has 2 fully saturated rings. The van der Waals surface area contributed by atoms with Gasteiger partial charge in [0.05, 0.1) is 11.3 Å². The lowest BCUT2D eigenvalue weighted by Gasteiger charge is -2.22. The second-order valence-electron chi connectivity index (χ2n) is 9.31. The highest BCUT2D eigenvalue weighted by Crippen LogP contribution is 2.34. The highest BCUT2D eigenvalue weighted by molar-refractivity contribution is 7.90. The van der Waals surface area contributed by atoms with Gasteiger partial charge in [-0.15, -0.1) is 4.40 Å². The fourth-order valence-corrected chi connectivity index (χ4v) is 5.60. The summed E-state index contributed by atoms with van der Waals surface area (Å²) in [5.41, 5.74) is 1.59. The third kappa shape index (κ3) is 5.24. The molecule has 1 atom stereocenters. The van der Waals surface area contributed by atoms with Crippen LogP contribution in [0.3, 0.4) is 0 Å². The van der Waals surface area contributed by atoms with Gasteiger partial charge in [-0.3, -0.25) is 19.8 Å². The van der Waals surface area contributed by atoms with Crippen molar-refractivity contribution in [1.29, 1.82) is 0 Å². The van der Waals surface area contributed by atoms with Crippen molar-refractivity contribution in [1.82, 2.24) is 15.1 Å². The number of carbonyl (C=O) groups is 2. The van der Waals surface area contributed by atoms with Crippen molar-refractivity contribution in [3.63, 3.8) is 0 Å². The molecule has 1 aliphatic carbocycles. The van der Waals surface area contributed by atoms with Crippen molar-refractivity contribution >= 4 is 44.9 Å². The quantitative estimate of drug-likeness (QED) is 0.324. The first kappa shape index (κ1) is 25.8. The Kier molecular flexibility index (Phi) is 6.88. The van der Waals surface area contributed by atoms with Crippen LogP contribution in [0.25, 0.3) is 0 Å². The van der Waals surface area contributed by atoms with Crippen LogP contribution in [0.15, 0.2) is 68.4 Å². The highest BCUT2D eigenvalue weighted by Gasteiger charge is 2.49.